The van der Waals surface area contributed by atoms with Gasteiger partial charge in [-0.05, 0) is 67.3 Å². The third-order valence-corrected chi connectivity index (χ3v) is 6.01. The zero-order chi connectivity index (χ0) is 18.3. The summed E-state index contributed by atoms with van der Waals surface area (Å²) in [6.07, 6.45) is 2.75. The van der Waals surface area contributed by atoms with Gasteiger partial charge in [0.2, 0.25) is 5.91 Å². The van der Waals surface area contributed by atoms with Crippen molar-refractivity contribution in [3.63, 3.8) is 0 Å². The van der Waals surface area contributed by atoms with Crippen molar-refractivity contribution in [3.8, 4) is 0 Å². The lowest BCUT2D eigenvalue weighted by Crippen LogP contribution is -2.44. The van der Waals surface area contributed by atoms with Gasteiger partial charge in [0, 0.05) is 29.5 Å². The van der Waals surface area contributed by atoms with Crippen molar-refractivity contribution in [2.45, 2.75) is 30.2 Å². The Morgan fingerprint density at radius 3 is 2.62 bits per heavy atom. The second-order valence-corrected chi connectivity index (χ2v) is 8.01. The molecule has 1 N–H and O–H groups in total. The number of anilines is 2. The Morgan fingerprint density at radius 1 is 1.12 bits per heavy atom. The molecule has 4 rings (SSSR count). The Balaban J connectivity index is 1.58. The highest BCUT2D eigenvalue weighted by Crippen LogP contribution is 2.34. The molecule has 1 fully saturated rings. The number of rotatable bonds is 3. The Kier molecular flexibility index (Phi) is 4.73. The van der Waals surface area contributed by atoms with Gasteiger partial charge in [0.1, 0.15) is 6.04 Å². The zero-order valence-electron chi connectivity index (χ0n) is 14.1. The molecule has 0 saturated carbocycles. The minimum atomic E-state index is -2.01. The molecule has 0 radical (unpaired) electrons. The number of carbonyl (C=O) groups is 1. The molecule has 2 aromatic carbocycles. The number of benzene rings is 2. The zero-order valence-corrected chi connectivity index (χ0v) is 15.7. The van der Waals surface area contributed by atoms with Gasteiger partial charge in [-0.2, -0.15) is 0 Å². The normalized spacial score (nSPS) is 21.0. The summed E-state index contributed by atoms with van der Waals surface area (Å²) < 4.78 is 20.2. The van der Waals surface area contributed by atoms with Gasteiger partial charge in [0.25, 0.3) is 0 Å². The SMILES string of the molecule is O=C1[C@H](N2CCCc3cc(Cl)ccc32)CCN1c1ccc(S(=O)O)cc1. The Morgan fingerprint density at radius 2 is 1.88 bits per heavy atom. The lowest BCUT2D eigenvalue weighted by Gasteiger charge is -2.35. The van der Waals surface area contributed by atoms with Crippen LogP contribution in [0.5, 0.6) is 0 Å². The highest BCUT2D eigenvalue weighted by atomic mass is 35.5. The molecule has 1 amide bonds. The van der Waals surface area contributed by atoms with Crippen LogP contribution in [-0.4, -0.2) is 33.8 Å². The van der Waals surface area contributed by atoms with Crippen LogP contribution in [-0.2, 0) is 22.3 Å². The molecule has 0 spiro atoms. The number of hydrogen-bond acceptors (Lipinski definition) is 3. The first-order valence-electron chi connectivity index (χ1n) is 8.62. The number of carbonyl (C=O) groups excluding carboxylic acids is 1. The molecule has 2 aliphatic heterocycles. The first kappa shape index (κ1) is 17.5. The molecular weight excluding hydrogens is 372 g/mol. The van der Waals surface area contributed by atoms with Crippen LogP contribution in [0, 0.1) is 0 Å². The quantitative estimate of drug-likeness (QED) is 0.815. The van der Waals surface area contributed by atoms with Gasteiger partial charge in [-0.3, -0.25) is 4.79 Å². The van der Waals surface area contributed by atoms with Crippen LogP contribution in [0.2, 0.25) is 5.02 Å². The predicted molar refractivity (Wildman–Crippen MR) is 103 cm³/mol. The molecule has 2 heterocycles. The Labute approximate surface area is 159 Å². The molecule has 1 saturated heterocycles. The van der Waals surface area contributed by atoms with E-state index in [9.17, 15) is 9.00 Å². The van der Waals surface area contributed by atoms with E-state index in [4.69, 9.17) is 16.2 Å². The standard InChI is InChI=1S/C19H19ClN2O3S/c20-14-3-8-17-13(12-14)2-1-10-22(17)18-9-11-21(19(18)23)15-4-6-16(7-5-15)26(24)25/h3-8,12,18H,1-2,9-11H2,(H,24,25)/t18-/m1/s1. The second-order valence-electron chi connectivity index (χ2n) is 6.61. The molecule has 0 bridgehead atoms. The van der Waals surface area contributed by atoms with Gasteiger partial charge >= 0.3 is 0 Å². The summed E-state index contributed by atoms with van der Waals surface area (Å²) >= 11 is 4.11. The smallest absolute Gasteiger partial charge is 0.249 e. The number of fused-ring (bicyclic) bond motifs is 1. The maximum absolute atomic E-state index is 13.0. The summed E-state index contributed by atoms with van der Waals surface area (Å²) in [5.74, 6) is 0.0747. The van der Waals surface area contributed by atoms with Gasteiger partial charge in [-0.15, -0.1) is 0 Å². The van der Waals surface area contributed by atoms with Gasteiger partial charge in [-0.1, -0.05) is 11.6 Å². The van der Waals surface area contributed by atoms with E-state index in [1.54, 1.807) is 29.2 Å². The summed E-state index contributed by atoms with van der Waals surface area (Å²) in [5, 5.41) is 0.728. The lowest BCUT2D eigenvalue weighted by molar-refractivity contribution is -0.118. The molecule has 5 nitrogen and oxygen atoms in total. The van der Waals surface area contributed by atoms with Crippen LogP contribution in [0.15, 0.2) is 47.4 Å². The van der Waals surface area contributed by atoms with E-state index in [1.165, 1.54) is 5.56 Å². The summed E-state index contributed by atoms with van der Waals surface area (Å²) in [7, 11) is 0. The number of nitrogens with zero attached hydrogens (tertiary/aromatic N) is 2. The van der Waals surface area contributed by atoms with Crippen LogP contribution >= 0.6 is 11.6 Å². The fourth-order valence-corrected chi connectivity index (χ4v) is 4.44. The third kappa shape index (κ3) is 3.13. The number of amides is 1. The molecule has 0 aliphatic carbocycles. The highest BCUT2D eigenvalue weighted by molar-refractivity contribution is 7.79. The van der Waals surface area contributed by atoms with E-state index in [1.807, 2.05) is 18.2 Å². The van der Waals surface area contributed by atoms with Gasteiger partial charge in [-0.25, -0.2) is 4.21 Å². The molecule has 2 aromatic rings. The molecule has 7 heteroatoms. The van der Waals surface area contributed by atoms with Crippen molar-refractivity contribution >= 4 is 40.0 Å². The predicted octanol–water partition coefficient (Wildman–Crippen LogP) is 3.48. The second kappa shape index (κ2) is 7.02. The van der Waals surface area contributed by atoms with Crippen LogP contribution in [0.4, 0.5) is 11.4 Å². The lowest BCUT2D eigenvalue weighted by atomic mass is 9.99. The van der Waals surface area contributed by atoms with E-state index in [0.29, 0.717) is 11.4 Å². The minimum absolute atomic E-state index is 0.0747. The monoisotopic (exact) mass is 390 g/mol. The summed E-state index contributed by atoms with van der Waals surface area (Å²) in [4.78, 5) is 17.3. The molecule has 2 aliphatic rings. The van der Waals surface area contributed by atoms with E-state index >= 15 is 0 Å². The van der Waals surface area contributed by atoms with E-state index in [2.05, 4.69) is 4.90 Å². The molecule has 1 unspecified atom stereocenters. The maximum atomic E-state index is 13.0. The van der Waals surface area contributed by atoms with Crippen LogP contribution in [0.25, 0.3) is 0 Å². The Bertz CT molecular complexity index is 872. The average Bonchev–Trinajstić information content (AvgIpc) is 3.02. The topological polar surface area (TPSA) is 60.9 Å². The molecule has 0 aromatic heterocycles. The molecule has 26 heavy (non-hydrogen) atoms. The van der Waals surface area contributed by atoms with Crippen molar-refractivity contribution in [2.75, 3.05) is 22.9 Å². The van der Waals surface area contributed by atoms with E-state index in [-0.39, 0.29) is 11.9 Å². The molecule has 2 atom stereocenters. The Hall–Kier alpha value is -1.89. The first-order chi connectivity index (χ1) is 12.5. The van der Waals surface area contributed by atoms with E-state index < -0.39 is 11.1 Å². The van der Waals surface area contributed by atoms with Crippen molar-refractivity contribution in [2.24, 2.45) is 0 Å². The van der Waals surface area contributed by atoms with Crippen LogP contribution < -0.4 is 9.80 Å². The summed E-state index contributed by atoms with van der Waals surface area (Å²) in [5.41, 5.74) is 3.07. The summed E-state index contributed by atoms with van der Waals surface area (Å²) in [6.45, 7) is 1.51. The minimum Gasteiger partial charge on any atom is -0.359 e. The number of hydrogen-bond donors (Lipinski definition) is 1. The van der Waals surface area contributed by atoms with Crippen molar-refractivity contribution in [1.82, 2.24) is 0 Å². The highest BCUT2D eigenvalue weighted by Gasteiger charge is 2.38. The summed E-state index contributed by atoms with van der Waals surface area (Å²) in [6, 6.07) is 12.3. The van der Waals surface area contributed by atoms with E-state index in [0.717, 1.165) is 42.2 Å². The number of halogens is 1. The molecule has 136 valence electrons. The van der Waals surface area contributed by atoms with Crippen molar-refractivity contribution in [1.29, 1.82) is 0 Å². The maximum Gasteiger partial charge on any atom is 0.249 e. The van der Waals surface area contributed by atoms with Gasteiger partial charge in [0.15, 0.2) is 11.1 Å². The largest absolute Gasteiger partial charge is 0.359 e. The fraction of sp³-hybridized carbons (Fsp3) is 0.316. The average molecular weight is 391 g/mol. The van der Waals surface area contributed by atoms with Crippen molar-refractivity contribution in [3.05, 3.63) is 53.1 Å². The van der Waals surface area contributed by atoms with Gasteiger partial charge in [0.05, 0.1) is 4.90 Å². The number of aryl methyl sites for hydroxylation is 1. The van der Waals surface area contributed by atoms with Crippen molar-refractivity contribution < 1.29 is 13.6 Å². The third-order valence-electron chi connectivity index (χ3n) is 5.10. The molecular formula is C19H19ClN2O3S. The fourth-order valence-electron chi connectivity index (χ4n) is 3.87. The van der Waals surface area contributed by atoms with Crippen LogP contribution in [0.3, 0.4) is 0 Å². The first-order valence-corrected chi connectivity index (χ1v) is 10.1. The van der Waals surface area contributed by atoms with Gasteiger partial charge < -0.3 is 14.4 Å². The van der Waals surface area contributed by atoms with Crippen LogP contribution in [0.1, 0.15) is 18.4 Å².